The van der Waals surface area contributed by atoms with E-state index < -0.39 is 5.60 Å². The molecule has 0 aromatic rings. The van der Waals surface area contributed by atoms with Crippen LogP contribution in [0.1, 0.15) is 45.4 Å². The average molecular weight is 254 g/mol. The van der Waals surface area contributed by atoms with Crippen molar-refractivity contribution in [3.8, 4) is 0 Å². The highest BCUT2D eigenvalue weighted by Gasteiger charge is 2.40. The first kappa shape index (κ1) is 13.8. The zero-order chi connectivity index (χ0) is 13.0. The van der Waals surface area contributed by atoms with Crippen LogP contribution in [0.25, 0.3) is 0 Å². The molecule has 1 unspecified atom stereocenters. The molecule has 2 fully saturated rings. The van der Waals surface area contributed by atoms with Gasteiger partial charge in [-0.3, -0.25) is 4.79 Å². The fourth-order valence-corrected chi connectivity index (χ4v) is 3.27. The number of ether oxygens (including phenoxy) is 1. The molecule has 104 valence electrons. The van der Waals surface area contributed by atoms with E-state index in [0.29, 0.717) is 5.92 Å². The number of carbonyl (C=O) groups is 1. The second kappa shape index (κ2) is 6.02. The van der Waals surface area contributed by atoms with Crippen molar-refractivity contribution in [3.05, 3.63) is 0 Å². The maximum absolute atomic E-state index is 12.5. The molecule has 18 heavy (non-hydrogen) atoms. The molecule has 2 rings (SSSR count). The molecule has 0 aromatic carbocycles. The van der Waals surface area contributed by atoms with Crippen molar-refractivity contribution < 1.29 is 9.53 Å². The lowest BCUT2D eigenvalue weighted by atomic mass is 9.90. The van der Waals surface area contributed by atoms with Gasteiger partial charge < -0.3 is 15.4 Å². The predicted molar refractivity (Wildman–Crippen MR) is 71.4 cm³/mol. The molecule has 2 aliphatic rings. The maximum Gasteiger partial charge on any atom is 0.252 e. The summed E-state index contributed by atoms with van der Waals surface area (Å²) in [6.45, 7) is 3.86. The van der Waals surface area contributed by atoms with E-state index in [1.54, 1.807) is 7.11 Å². The van der Waals surface area contributed by atoms with Crippen molar-refractivity contribution >= 4 is 5.91 Å². The summed E-state index contributed by atoms with van der Waals surface area (Å²) >= 11 is 0. The molecule has 1 aliphatic carbocycles. The molecule has 1 saturated heterocycles. The molecule has 1 atom stereocenters. The second-order valence-corrected chi connectivity index (χ2v) is 5.76. The van der Waals surface area contributed by atoms with Gasteiger partial charge in [-0.1, -0.05) is 12.8 Å². The molecule has 1 heterocycles. The predicted octanol–water partition coefficient (Wildman–Crippen LogP) is 1.45. The van der Waals surface area contributed by atoms with Crippen molar-refractivity contribution in [2.45, 2.75) is 57.1 Å². The fraction of sp³-hybridized carbons (Fsp3) is 0.929. The summed E-state index contributed by atoms with van der Waals surface area (Å²) in [4.78, 5) is 12.5. The minimum atomic E-state index is -0.599. The highest BCUT2D eigenvalue weighted by molar-refractivity contribution is 5.85. The van der Waals surface area contributed by atoms with Crippen LogP contribution in [0.15, 0.2) is 0 Å². The van der Waals surface area contributed by atoms with Gasteiger partial charge in [-0.05, 0) is 51.6 Å². The molecule has 0 bridgehead atoms. The molecule has 0 spiro atoms. The number of carbonyl (C=O) groups excluding carboxylic acids is 1. The lowest BCUT2D eigenvalue weighted by Crippen LogP contribution is -2.56. The van der Waals surface area contributed by atoms with Crippen LogP contribution in [0.2, 0.25) is 0 Å². The Kier molecular flexibility index (Phi) is 4.62. The summed E-state index contributed by atoms with van der Waals surface area (Å²) in [5.41, 5.74) is -0.599. The van der Waals surface area contributed by atoms with Gasteiger partial charge in [0.2, 0.25) is 0 Å². The summed E-state index contributed by atoms with van der Waals surface area (Å²) in [7, 11) is 1.66. The number of methoxy groups -OCH3 is 1. The Labute approximate surface area is 110 Å². The van der Waals surface area contributed by atoms with Crippen molar-refractivity contribution in [1.82, 2.24) is 10.6 Å². The molecule has 0 aromatic heterocycles. The normalized spacial score (nSPS) is 25.9. The Balaban J connectivity index is 1.92. The fourth-order valence-electron chi connectivity index (χ4n) is 3.27. The minimum Gasteiger partial charge on any atom is -0.368 e. The first-order chi connectivity index (χ1) is 8.68. The van der Waals surface area contributed by atoms with Gasteiger partial charge in [-0.15, -0.1) is 0 Å². The summed E-state index contributed by atoms with van der Waals surface area (Å²) in [5.74, 6) is 0.746. The average Bonchev–Trinajstić information content (AvgIpc) is 2.93. The molecule has 2 N–H and O–H groups in total. The highest BCUT2D eigenvalue weighted by Crippen LogP contribution is 2.29. The second-order valence-electron chi connectivity index (χ2n) is 5.76. The quantitative estimate of drug-likeness (QED) is 0.798. The number of rotatable bonds is 4. The zero-order valence-corrected chi connectivity index (χ0v) is 11.6. The summed E-state index contributed by atoms with van der Waals surface area (Å²) < 4.78 is 5.55. The van der Waals surface area contributed by atoms with Gasteiger partial charge in [0.05, 0.1) is 0 Å². The van der Waals surface area contributed by atoms with Crippen LogP contribution < -0.4 is 10.6 Å². The van der Waals surface area contributed by atoms with Crippen molar-refractivity contribution in [1.29, 1.82) is 0 Å². The molecule has 1 saturated carbocycles. The third kappa shape index (κ3) is 2.86. The van der Waals surface area contributed by atoms with Crippen LogP contribution >= 0.6 is 0 Å². The molecule has 1 amide bonds. The monoisotopic (exact) mass is 254 g/mol. The van der Waals surface area contributed by atoms with Crippen molar-refractivity contribution in [2.24, 2.45) is 5.92 Å². The maximum atomic E-state index is 12.5. The van der Waals surface area contributed by atoms with Gasteiger partial charge in [-0.2, -0.15) is 0 Å². The Morgan fingerprint density at radius 3 is 2.50 bits per heavy atom. The van der Waals surface area contributed by atoms with Crippen molar-refractivity contribution in [2.75, 3.05) is 20.2 Å². The summed E-state index contributed by atoms with van der Waals surface area (Å²) in [5, 5.41) is 6.47. The molecular weight excluding hydrogens is 228 g/mol. The van der Waals surface area contributed by atoms with E-state index in [9.17, 15) is 4.79 Å². The zero-order valence-electron chi connectivity index (χ0n) is 11.6. The smallest absolute Gasteiger partial charge is 0.252 e. The summed E-state index contributed by atoms with van der Waals surface area (Å²) in [6, 6.07) is 0.280. The van der Waals surface area contributed by atoms with E-state index in [1.165, 1.54) is 25.7 Å². The van der Waals surface area contributed by atoms with Gasteiger partial charge in [0.15, 0.2) is 0 Å². The SMILES string of the molecule is COC1(C(=O)NC(C)C2CCCC2)CCNCC1. The largest absolute Gasteiger partial charge is 0.368 e. The van der Waals surface area contributed by atoms with Crippen LogP contribution in [0.5, 0.6) is 0 Å². The molecule has 0 radical (unpaired) electrons. The van der Waals surface area contributed by atoms with E-state index in [0.717, 1.165) is 25.9 Å². The Morgan fingerprint density at radius 2 is 1.94 bits per heavy atom. The van der Waals surface area contributed by atoms with Crippen LogP contribution in [0.3, 0.4) is 0 Å². The Hall–Kier alpha value is -0.610. The molecule has 4 heteroatoms. The molecule has 1 aliphatic heterocycles. The van der Waals surface area contributed by atoms with Crippen LogP contribution in [0, 0.1) is 5.92 Å². The third-order valence-corrected chi connectivity index (χ3v) is 4.68. The highest BCUT2D eigenvalue weighted by atomic mass is 16.5. The first-order valence-corrected chi connectivity index (χ1v) is 7.25. The van der Waals surface area contributed by atoms with Crippen molar-refractivity contribution in [3.63, 3.8) is 0 Å². The summed E-state index contributed by atoms with van der Waals surface area (Å²) in [6.07, 6.45) is 6.67. The van der Waals surface area contributed by atoms with Gasteiger partial charge in [0, 0.05) is 13.2 Å². The van der Waals surface area contributed by atoms with Crippen LogP contribution in [-0.2, 0) is 9.53 Å². The van der Waals surface area contributed by atoms with E-state index in [1.807, 2.05) is 0 Å². The number of hydrogen-bond donors (Lipinski definition) is 2. The minimum absolute atomic E-state index is 0.0888. The molecule has 4 nitrogen and oxygen atoms in total. The first-order valence-electron chi connectivity index (χ1n) is 7.25. The van der Waals surface area contributed by atoms with E-state index in [4.69, 9.17) is 4.74 Å². The third-order valence-electron chi connectivity index (χ3n) is 4.68. The molecular formula is C14H26N2O2. The van der Waals surface area contributed by atoms with E-state index in [2.05, 4.69) is 17.6 Å². The van der Waals surface area contributed by atoms with E-state index >= 15 is 0 Å². The van der Waals surface area contributed by atoms with Gasteiger partial charge in [0.1, 0.15) is 5.60 Å². The lowest BCUT2D eigenvalue weighted by molar-refractivity contribution is -0.147. The van der Waals surface area contributed by atoms with Crippen LogP contribution in [0.4, 0.5) is 0 Å². The lowest BCUT2D eigenvalue weighted by Gasteiger charge is -2.36. The van der Waals surface area contributed by atoms with Gasteiger partial charge in [-0.25, -0.2) is 0 Å². The van der Waals surface area contributed by atoms with Gasteiger partial charge >= 0.3 is 0 Å². The Morgan fingerprint density at radius 1 is 1.33 bits per heavy atom. The number of amides is 1. The van der Waals surface area contributed by atoms with E-state index in [-0.39, 0.29) is 11.9 Å². The number of hydrogen-bond acceptors (Lipinski definition) is 3. The van der Waals surface area contributed by atoms with Gasteiger partial charge in [0.25, 0.3) is 5.91 Å². The standard InChI is InChI=1S/C14H26N2O2/c1-11(12-5-3-4-6-12)16-13(17)14(18-2)7-9-15-10-8-14/h11-12,15H,3-10H2,1-2H3,(H,16,17). The Bertz CT molecular complexity index is 282. The number of piperidine rings is 1. The van der Waals surface area contributed by atoms with Crippen LogP contribution in [-0.4, -0.2) is 37.7 Å². The number of nitrogens with one attached hydrogen (secondary N) is 2. The topological polar surface area (TPSA) is 50.4 Å².